The number of hydrogen-bond donors (Lipinski definition) is 0. The Hall–Kier alpha value is -1.05. The summed E-state index contributed by atoms with van der Waals surface area (Å²) < 4.78 is 2.44. The van der Waals surface area contributed by atoms with Gasteiger partial charge >= 0.3 is 0 Å². The molecule has 98 valence electrons. The number of fused-ring (bicyclic) bond motifs is 1. The van der Waals surface area contributed by atoms with E-state index in [0.29, 0.717) is 5.78 Å². The van der Waals surface area contributed by atoms with E-state index in [4.69, 9.17) is 0 Å². The van der Waals surface area contributed by atoms with Crippen LogP contribution >= 0.6 is 0 Å². The van der Waals surface area contributed by atoms with E-state index in [1.807, 2.05) is 0 Å². The zero-order valence-electron chi connectivity index (χ0n) is 11.5. The first-order valence-electron chi connectivity index (χ1n) is 7.39. The van der Waals surface area contributed by atoms with E-state index in [0.717, 1.165) is 43.2 Å². The van der Waals surface area contributed by atoms with Crippen LogP contribution in [0, 0.1) is 18.8 Å². The van der Waals surface area contributed by atoms with Crippen molar-refractivity contribution in [2.24, 2.45) is 11.8 Å². The summed E-state index contributed by atoms with van der Waals surface area (Å²) in [7, 11) is 0. The highest BCUT2D eigenvalue weighted by Crippen LogP contribution is 2.34. The van der Waals surface area contributed by atoms with Gasteiger partial charge < -0.3 is 4.57 Å². The Morgan fingerprint density at radius 2 is 2.11 bits per heavy atom. The first-order valence-corrected chi connectivity index (χ1v) is 7.39. The number of hydrogen-bond acceptors (Lipinski definition) is 1. The number of aryl methyl sites for hydroxylation is 1. The van der Waals surface area contributed by atoms with Crippen molar-refractivity contribution in [2.75, 3.05) is 0 Å². The van der Waals surface area contributed by atoms with Crippen LogP contribution in [0.25, 0.3) is 0 Å². The second-order valence-electron chi connectivity index (χ2n) is 6.20. The van der Waals surface area contributed by atoms with Gasteiger partial charge in [0.25, 0.3) is 0 Å². The fourth-order valence-electron chi connectivity index (χ4n) is 3.77. The number of nitrogens with zero attached hydrogens (tertiary/aromatic N) is 1. The second kappa shape index (κ2) is 4.56. The Morgan fingerprint density at radius 3 is 2.83 bits per heavy atom. The van der Waals surface area contributed by atoms with Crippen molar-refractivity contribution in [3.05, 3.63) is 23.0 Å². The Bertz CT molecular complexity index is 472. The van der Waals surface area contributed by atoms with Gasteiger partial charge in [0.15, 0.2) is 5.78 Å². The van der Waals surface area contributed by atoms with Gasteiger partial charge in [-0.2, -0.15) is 0 Å². The van der Waals surface area contributed by atoms with E-state index in [1.54, 1.807) is 0 Å². The number of Topliss-reactive ketones (excluding diaryl/α,β-unsaturated/α-hetero) is 1. The summed E-state index contributed by atoms with van der Waals surface area (Å²) in [5.41, 5.74) is 3.63. The molecular formula is C16H23NO. The quantitative estimate of drug-likeness (QED) is 0.777. The molecule has 0 amide bonds. The van der Waals surface area contributed by atoms with Crippen molar-refractivity contribution in [3.63, 3.8) is 0 Å². The van der Waals surface area contributed by atoms with Gasteiger partial charge in [-0.25, -0.2) is 0 Å². The number of carbonyl (C=O) groups is 1. The zero-order chi connectivity index (χ0) is 12.7. The molecule has 1 aromatic heterocycles. The Balaban J connectivity index is 1.90. The molecule has 0 bridgehead atoms. The van der Waals surface area contributed by atoms with Crippen LogP contribution in [-0.4, -0.2) is 10.4 Å². The fraction of sp³-hybridized carbons (Fsp3) is 0.688. The molecule has 1 saturated carbocycles. The van der Waals surface area contributed by atoms with Crippen molar-refractivity contribution in [1.82, 2.24) is 4.57 Å². The highest BCUT2D eigenvalue weighted by atomic mass is 16.1. The second-order valence-corrected chi connectivity index (χ2v) is 6.20. The normalized spacial score (nSPS) is 27.6. The van der Waals surface area contributed by atoms with Crippen LogP contribution < -0.4 is 0 Å². The molecule has 1 heterocycles. The average Bonchev–Trinajstić information content (AvgIpc) is 2.87. The van der Waals surface area contributed by atoms with E-state index >= 15 is 0 Å². The van der Waals surface area contributed by atoms with Crippen LogP contribution in [-0.2, 0) is 13.0 Å². The minimum atomic E-state index is 0.359. The molecule has 1 aromatic rings. The molecule has 0 N–H and O–H groups in total. The molecular weight excluding hydrogens is 222 g/mol. The number of ketones is 1. The predicted molar refractivity (Wildman–Crippen MR) is 72.9 cm³/mol. The standard InChI is InChI=1S/C16H23NO/c1-11-5-3-6-13(11)10-17-12(2)9-14-15(17)7-4-8-16(14)18/h9,11,13H,3-8,10H2,1-2H3. The maximum Gasteiger partial charge on any atom is 0.164 e. The molecule has 0 radical (unpaired) electrons. The molecule has 2 aliphatic carbocycles. The lowest BCUT2D eigenvalue weighted by Crippen LogP contribution is -2.19. The van der Waals surface area contributed by atoms with Crippen LogP contribution in [0.4, 0.5) is 0 Å². The summed E-state index contributed by atoms with van der Waals surface area (Å²) in [6, 6.07) is 2.12. The summed E-state index contributed by atoms with van der Waals surface area (Å²) in [4.78, 5) is 11.9. The van der Waals surface area contributed by atoms with Crippen LogP contribution in [0.3, 0.4) is 0 Å². The Kier molecular flexibility index (Phi) is 3.04. The minimum Gasteiger partial charge on any atom is -0.348 e. The molecule has 3 rings (SSSR count). The minimum absolute atomic E-state index is 0.359. The summed E-state index contributed by atoms with van der Waals surface area (Å²) >= 11 is 0. The first kappa shape index (κ1) is 12.0. The van der Waals surface area contributed by atoms with Crippen LogP contribution in [0.1, 0.15) is 60.8 Å². The number of aromatic nitrogens is 1. The smallest absolute Gasteiger partial charge is 0.164 e. The highest BCUT2D eigenvalue weighted by Gasteiger charge is 2.27. The van der Waals surface area contributed by atoms with E-state index in [2.05, 4.69) is 24.5 Å². The fourth-order valence-corrected chi connectivity index (χ4v) is 3.77. The predicted octanol–water partition coefficient (Wildman–Crippen LogP) is 3.75. The van der Waals surface area contributed by atoms with Gasteiger partial charge in [-0.05, 0) is 44.1 Å². The number of carbonyl (C=O) groups excluding carboxylic acids is 1. The maximum absolute atomic E-state index is 11.9. The summed E-state index contributed by atoms with van der Waals surface area (Å²) in [6.07, 6.45) is 7.00. The Morgan fingerprint density at radius 1 is 1.28 bits per heavy atom. The molecule has 2 unspecified atom stereocenters. The largest absolute Gasteiger partial charge is 0.348 e. The van der Waals surface area contributed by atoms with E-state index in [-0.39, 0.29) is 0 Å². The van der Waals surface area contributed by atoms with E-state index < -0.39 is 0 Å². The molecule has 2 heteroatoms. The third kappa shape index (κ3) is 1.92. The van der Waals surface area contributed by atoms with E-state index in [1.165, 1.54) is 30.7 Å². The molecule has 1 fully saturated rings. The molecule has 18 heavy (non-hydrogen) atoms. The molecule has 2 atom stereocenters. The lowest BCUT2D eigenvalue weighted by atomic mass is 9.95. The summed E-state index contributed by atoms with van der Waals surface area (Å²) in [6.45, 7) is 5.68. The summed E-state index contributed by atoms with van der Waals surface area (Å²) in [5, 5.41) is 0. The van der Waals surface area contributed by atoms with Crippen molar-refractivity contribution in [3.8, 4) is 0 Å². The lowest BCUT2D eigenvalue weighted by molar-refractivity contribution is 0.0971. The maximum atomic E-state index is 11.9. The van der Waals surface area contributed by atoms with Gasteiger partial charge in [0, 0.05) is 29.9 Å². The first-order chi connectivity index (χ1) is 8.66. The lowest BCUT2D eigenvalue weighted by Gasteiger charge is -2.21. The highest BCUT2D eigenvalue weighted by molar-refractivity contribution is 5.98. The van der Waals surface area contributed by atoms with Crippen molar-refractivity contribution in [1.29, 1.82) is 0 Å². The number of rotatable bonds is 2. The SMILES string of the molecule is Cc1cc2c(n1CC1CCCC1C)CCCC2=O. The van der Waals surface area contributed by atoms with Crippen molar-refractivity contribution < 1.29 is 4.79 Å². The average molecular weight is 245 g/mol. The van der Waals surface area contributed by atoms with E-state index in [9.17, 15) is 4.79 Å². The third-order valence-corrected chi connectivity index (χ3v) is 4.99. The van der Waals surface area contributed by atoms with Gasteiger partial charge in [-0.15, -0.1) is 0 Å². The molecule has 0 spiro atoms. The van der Waals surface area contributed by atoms with Gasteiger partial charge in [-0.1, -0.05) is 19.8 Å². The van der Waals surface area contributed by atoms with Crippen molar-refractivity contribution >= 4 is 5.78 Å². The summed E-state index contributed by atoms with van der Waals surface area (Å²) in [5.74, 6) is 2.02. The van der Waals surface area contributed by atoms with Gasteiger partial charge in [-0.3, -0.25) is 4.79 Å². The van der Waals surface area contributed by atoms with Gasteiger partial charge in [0.2, 0.25) is 0 Å². The molecule has 2 nitrogen and oxygen atoms in total. The van der Waals surface area contributed by atoms with Crippen LogP contribution in [0.5, 0.6) is 0 Å². The molecule has 0 saturated heterocycles. The van der Waals surface area contributed by atoms with Gasteiger partial charge in [0.05, 0.1) is 0 Å². The third-order valence-electron chi connectivity index (χ3n) is 4.99. The van der Waals surface area contributed by atoms with Crippen LogP contribution in [0.2, 0.25) is 0 Å². The Labute approximate surface area is 109 Å². The monoisotopic (exact) mass is 245 g/mol. The van der Waals surface area contributed by atoms with Crippen molar-refractivity contribution in [2.45, 2.75) is 58.9 Å². The molecule has 0 aliphatic heterocycles. The molecule has 0 aromatic carbocycles. The van der Waals surface area contributed by atoms with Gasteiger partial charge in [0.1, 0.15) is 0 Å². The van der Waals surface area contributed by atoms with Crippen LogP contribution in [0.15, 0.2) is 6.07 Å². The zero-order valence-corrected chi connectivity index (χ0v) is 11.5. The molecule has 2 aliphatic rings. The topological polar surface area (TPSA) is 22.0 Å².